The van der Waals surface area contributed by atoms with Crippen molar-refractivity contribution in [3.63, 3.8) is 0 Å². The average molecular weight is 1400 g/mol. The quantitative estimate of drug-likeness (QED) is 0.0199. The van der Waals surface area contributed by atoms with Gasteiger partial charge < -0.3 is 89.9 Å². The number of aliphatic hydroxyl groups is 11. The van der Waals surface area contributed by atoms with E-state index in [1.54, 1.807) is 0 Å². The molecule has 19 heteroatoms. The van der Waals surface area contributed by atoms with E-state index in [-0.39, 0.29) is 18.9 Å². The Bertz CT molecular complexity index is 2010. The summed E-state index contributed by atoms with van der Waals surface area (Å²) in [5.41, 5.74) is 0. The van der Waals surface area contributed by atoms with Crippen LogP contribution < -0.4 is 5.32 Å². The Morgan fingerprint density at radius 2 is 0.704 bits per heavy atom. The van der Waals surface area contributed by atoms with Crippen LogP contribution in [0.15, 0.2) is 60.8 Å². The first kappa shape index (κ1) is 89.7. The van der Waals surface area contributed by atoms with E-state index < -0.39 is 124 Å². The normalized spacial score (nSPS) is 27.1. The molecule has 98 heavy (non-hydrogen) atoms. The third-order valence-electron chi connectivity index (χ3n) is 19.6. The maximum atomic E-state index is 13.5. The SMILES string of the molecule is CC/C=C\C/C=C\C/C=C\C/C=C\C/C=C\CCCCCCCCCCCC(=O)NC(COC1OC(CO)C(OC2OC(CO)C(OC3OC(CO)C(O)C(O)C3O)C(O)C2O)C(O)C1O)C(O)CCCCCCCCCCCCCCCCCCCCCCCCCCCCCC. The van der Waals surface area contributed by atoms with E-state index in [2.05, 4.69) is 79.9 Å². The average Bonchev–Trinajstić information content (AvgIpc) is 0.784. The van der Waals surface area contributed by atoms with Gasteiger partial charge in [-0.25, -0.2) is 0 Å². The van der Waals surface area contributed by atoms with Crippen LogP contribution in [0, 0.1) is 0 Å². The molecule has 3 heterocycles. The molecule has 3 rings (SSSR count). The van der Waals surface area contributed by atoms with Crippen molar-refractivity contribution < 1.29 is 89.4 Å². The van der Waals surface area contributed by atoms with Gasteiger partial charge in [-0.3, -0.25) is 4.79 Å². The van der Waals surface area contributed by atoms with Crippen molar-refractivity contribution in [3.05, 3.63) is 60.8 Å². The molecular weight excluding hydrogens is 1250 g/mol. The molecule has 572 valence electrons. The predicted octanol–water partition coefficient (Wildman–Crippen LogP) is 12.7. The highest BCUT2D eigenvalue weighted by Crippen LogP contribution is 2.33. The van der Waals surface area contributed by atoms with Crippen LogP contribution in [0.25, 0.3) is 0 Å². The number of amides is 1. The lowest BCUT2D eigenvalue weighted by atomic mass is 9.96. The van der Waals surface area contributed by atoms with Crippen LogP contribution in [-0.4, -0.2) is 193 Å². The van der Waals surface area contributed by atoms with Crippen molar-refractivity contribution in [2.24, 2.45) is 0 Å². The molecule has 3 saturated heterocycles. The van der Waals surface area contributed by atoms with Gasteiger partial charge in [0.05, 0.1) is 38.6 Å². The van der Waals surface area contributed by atoms with Gasteiger partial charge in [0.25, 0.3) is 0 Å². The lowest BCUT2D eigenvalue weighted by molar-refractivity contribution is -0.379. The molecule has 17 unspecified atom stereocenters. The Morgan fingerprint density at radius 3 is 1.10 bits per heavy atom. The molecule has 17 atom stereocenters. The van der Waals surface area contributed by atoms with Crippen LogP contribution in [0.1, 0.15) is 303 Å². The molecule has 3 fully saturated rings. The molecule has 0 radical (unpaired) electrons. The zero-order valence-electron chi connectivity index (χ0n) is 61.0. The molecule has 3 aliphatic rings. The third kappa shape index (κ3) is 39.9. The molecule has 3 aliphatic heterocycles. The van der Waals surface area contributed by atoms with Crippen LogP contribution in [0.3, 0.4) is 0 Å². The summed E-state index contributed by atoms with van der Waals surface area (Å²) in [5.74, 6) is -0.248. The summed E-state index contributed by atoms with van der Waals surface area (Å²) >= 11 is 0. The maximum Gasteiger partial charge on any atom is 0.220 e. The van der Waals surface area contributed by atoms with Crippen molar-refractivity contribution in [1.29, 1.82) is 0 Å². The van der Waals surface area contributed by atoms with Gasteiger partial charge in [-0.2, -0.15) is 0 Å². The van der Waals surface area contributed by atoms with Crippen LogP contribution in [-0.2, 0) is 33.2 Å². The summed E-state index contributed by atoms with van der Waals surface area (Å²) in [4.78, 5) is 13.5. The maximum absolute atomic E-state index is 13.5. The van der Waals surface area contributed by atoms with Crippen LogP contribution in [0.5, 0.6) is 0 Å². The van der Waals surface area contributed by atoms with E-state index in [1.807, 2.05) is 0 Å². The summed E-state index contributed by atoms with van der Waals surface area (Å²) in [6.07, 6.45) is 48.7. The van der Waals surface area contributed by atoms with E-state index in [4.69, 9.17) is 28.4 Å². The van der Waals surface area contributed by atoms with Crippen molar-refractivity contribution in [1.82, 2.24) is 5.32 Å². The van der Waals surface area contributed by atoms with Gasteiger partial charge in [0.2, 0.25) is 5.91 Å². The number of ether oxygens (including phenoxy) is 6. The van der Waals surface area contributed by atoms with Gasteiger partial charge in [0.15, 0.2) is 18.9 Å². The van der Waals surface area contributed by atoms with E-state index in [0.717, 1.165) is 89.9 Å². The highest BCUT2D eigenvalue weighted by atomic mass is 16.8. The number of allylic oxidation sites excluding steroid dienone is 10. The van der Waals surface area contributed by atoms with E-state index >= 15 is 0 Å². The first-order chi connectivity index (χ1) is 47.8. The van der Waals surface area contributed by atoms with Crippen LogP contribution >= 0.6 is 0 Å². The fraction of sp³-hybridized carbons (Fsp3) is 0.861. The second-order valence-electron chi connectivity index (χ2n) is 28.2. The Labute approximate surface area is 592 Å². The standard InChI is InChI=1S/C79H143NO18/c1-3-5-7-9-11-13-15-17-19-21-23-25-27-29-30-31-33-34-36-38-40-42-44-46-48-50-52-54-56-63(84)62(80-67(85)57-55-53-51-49-47-45-43-41-39-37-35-32-28-26-24-22-20-18-16-14-12-10-8-6-4-2)61-93-77-73(91)70(88)75(65(59-82)95-77)98-79-74(92)71(89)76(66(60-83)96-79)97-78-72(90)69(87)68(86)64(58-81)94-78/h6,8,12,14,18,20,24,26,32,35,62-66,68-79,81-84,86-92H,3-5,7,9-11,13,15-17,19,21-23,25,27-31,33-34,36-61H2,1-2H3,(H,80,85)/b8-6-,14-12-,20-18-,26-24-,35-32-. The molecule has 19 nitrogen and oxygen atoms in total. The van der Waals surface area contributed by atoms with E-state index in [1.165, 1.54) is 180 Å². The highest BCUT2D eigenvalue weighted by Gasteiger charge is 2.54. The molecule has 0 bridgehead atoms. The van der Waals surface area contributed by atoms with Gasteiger partial charge in [0, 0.05) is 6.42 Å². The molecule has 0 aliphatic carbocycles. The summed E-state index contributed by atoms with van der Waals surface area (Å²) in [7, 11) is 0. The number of nitrogens with one attached hydrogen (secondary N) is 1. The number of rotatable bonds is 62. The summed E-state index contributed by atoms with van der Waals surface area (Å²) < 4.78 is 34.5. The van der Waals surface area contributed by atoms with Crippen molar-refractivity contribution in [2.75, 3.05) is 26.4 Å². The zero-order chi connectivity index (χ0) is 71.1. The predicted molar refractivity (Wildman–Crippen MR) is 388 cm³/mol. The van der Waals surface area contributed by atoms with Gasteiger partial charge in [-0.1, -0.05) is 299 Å². The van der Waals surface area contributed by atoms with Gasteiger partial charge in [0.1, 0.15) is 73.2 Å². The smallest absolute Gasteiger partial charge is 0.220 e. The van der Waals surface area contributed by atoms with Gasteiger partial charge in [-0.05, 0) is 57.8 Å². The van der Waals surface area contributed by atoms with Gasteiger partial charge in [-0.15, -0.1) is 0 Å². The summed E-state index contributed by atoms with van der Waals surface area (Å²) in [6.45, 7) is 1.72. The zero-order valence-corrected chi connectivity index (χ0v) is 61.0. The second kappa shape index (κ2) is 59.8. The molecule has 0 aromatic rings. The molecule has 0 aromatic carbocycles. The molecular formula is C79H143NO18. The Hall–Kier alpha value is -2.51. The molecule has 0 saturated carbocycles. The number of carbonyl (C=O) groups excluding carboxylic acids is 1. The Morgan fingerprint density at radius 1 is 0.378 bits per heavy atom. The molecule has 1 amide bonds. The molecule has 0 aromatic heterocycles. The summed E-state index contributed by atoms with van der Waals surface area (Å²) in [6, 6.07) is -0.896. The van der Waals surface area contributed by atoms with E-state index in [9.17, 15) is 61.0 Å². The minimum absolute atomic E-state index is 0.248. The number of carbonyl (C=O) groups is 1. The van der Waals surface area contributed by atoms with Gasteiger partial charge >= 0.3 is 0 Å². The second-order valence-corrected chi connectivity index (χ2v) is 28.2. The number of hydrogen-bond acceptors (Lipinski definition) is 18. The van der Waals surface area contributed by atoms with Crippen molar-refractivity contribution >= 4 is 5.91 Å². The summed E-state index contributed by atoms with van der Waals surface area (Å²) in [5, 5.41) is 121. The van der Waals surface area contributed by atoms with Crippen molar-refractivity contribution in [3.8, 4) is 0 Å². The lowest BCUT2D eigenvalue weighted by Gasteiger charge is -2.48. The van der Waals surface area contributed by atoms with Crippen LogP contribution in [0.2, 0.25) is 0 Å². The fourth-order valence-corrected chi connectivity index (χ4v) is 13.3. The largest absolute Gasteiger partial charge is 0.394 e. The molecule has 12 N–H and O–H groups in total. The topological polar surface area (TPSA) is 307 Å². The Balaban J connectivity index is 1.38. The number of unbranched alkanes of at least 4 members (excludes halogenated alkanes) is 36. The first-order valence-electron chi connectivity index (χ1n) is 39.5. The minimum atomic E-state index is -1.98. The monoisotopic (exact) mass is 1390 g/mol. The molecule has 0 spiro atoms. The third-order valence-corrected chi connectivity index (χ3v) is 19.6. The number of hydrogen-bond donors (Lipinski definition) is 12. The van der Waals surface area contributed by atoms with E-state index in [0.29, 0.717) is 12.8 Å². The fourth-order valence-electron chi connectivity index (χ4n) is 13.3. The Kier molecular flexibility index (Phi) is 54.8. The first-order valence-corrected chi connectivity index (χ1v) is 39.5. The van der Waals surface area contributed by atoms with Crippen LogP contribution in [0.4, 0.5) is 0 Å². The lowest BCUT2D eigenvalue weighted by Crippen LogP contribution is -2.66. The van der Waals surface area contributed by atoms with Crippen molar-refractivity contribution in [2.45, 2.75) is 407 Å². The number of aliphatic hydroxyl groups excluding tert-OH is 11. The minimum Gasteiger partial charge on any atom is -0.394 e. The highest BCUT2D eigenvalue weighted by molar-refractivity contribution is 5.76.